The van der Waals surface area contributed by atoms with Crippen molar-refractivity contribution in [3.8, 4) is 11.5 Å². The summed E-state index contributed by atoms with van der Waals surface area (Å²) in [5, 5.41) is 1.04. The van der Waals surface area contributed by atoms with Gasteiger partial charge in [0.2, 0.25) is 5.43 Å². The molecule has 55 heavy (non-hydrogen) atoms. The van der Waals surface area contributed by atoms with E-state index in [1.165, 1.54) is 0 Å². The minimum Gasteiger partial charge on any atom is -0.456 e. The Hall–Kier alpha value is -7.57. The first-order valence-electron chi connectivity index (χ1n) is 18.0. The number of fused-ring (bicyclic) bond motifs is 4. The Balaban J connectivity index is 1.25. The summed E-state index contributed by atoms with van der Waals surface area (Å²) in [6.45, 7) is 8.06. The van der Waals surface area contributed by atoms with Gasteiger partial charge >= 0.3 is 0 Å². The topological polar surface area (TPSA) is 49.2 Å². The van der Waals surface area contributed by atoms with Crippen LogP contribution in [0.5, 0.6) is 11.5 Å². The van der Waals surface area contributed by atoms with Crippen LogP contribution in [0.15, 0.2) is 216 Å². The molecule has 264 valence electrons. The Morgan fingerprint density at radius 3 is 1.75 bits per heavy atom. The van der Waals surface area contributed by atoms with E-state index in [0.717, 1.165) is 51.2 Å². The third kappa shape index (κ3) is 6.02. The third-order valence-electron chi connectivity index (χ3n) is 9.72. The normalized spacial score (nSPS) is 12.1. The summed E-state index contributed by atoms with van der Waals surface area (Å²) in [6.07, 6.45) is 5.50. The van der Waals surface area contributed by atoms with Gasteiger partial charge in [-0.2, -0.15) is 0 Å². The van der Waals surface area contributed by atoms with E-state index in [4.69, 9.17) is 9.15 Å². The monoisotopic (exact) mass is 713 g/mol. The van der Waals surface area contributed by atoms with Crippen LogP contribution in [0.25, 0.3) is 21.9 Å². The SMILES string of the molecule is C=C/C=C(\C=C)N(c1ccccc1)c1ccc2c(c1)Oc1cc(N(c3ccccc3)c3ccccc3)ccc1N2c1ccc2oc3ccccc3c(=O)c2c1. The maximum atomic E-state index is 13.9. The summed E-state index contributed by atoms with van der Waals surface area (Å²) in [5.41, 5.74) is 9.09. The zero-order chi connectivity index (χ0) is 37.3. The van der Waals surface area contributed by atoms with Crippen molar-refractivity contribution in [2.45, 2.75) is 0 Å². The van der Waals surface area contributed by atoms with E-state index in [1.807, 2.05) is 109 Å². The van der Waals surface area contributed by atoms with Crippen molar-refractivity contribution in [3.05, 3.63) is 217 Å². The van der Waals surface area contributed by atoms with Gasteiger partial charge in [-0.3, -0.25) is 4.79 Å². The van der Waals surface area contributed by atoms with Crippen LogP contribution in [0.2, 0.25) is 0 Å². The molecule has 0 unspecified atom stereocenters. The number of anilines is 8. The number of rotatable bonds is 9. The van der Waals surface area contributed by atoms with Crippen molar-refractivity contribution >= 4 is 67.4 Å². The van der Waals surface area contributed by atoms with Crippen LogP contribution in [0, 0.1) is 0 Å². The minimum absolute atomic E-state index is 0.0797. The predicted octanol–water partition coefficient (Wildman–Crippen LogP) is 13.4. The molecule has 0 aliphatic carbocycles. The fourth-order valence-corrected chi connectivity index (χ4v) is 7.25. The summed E-state index contributed by atoms with van der Waals surface area (Å²) in [4.78, 5) is 20.3. The summed E-state index contributed by atoms with van der Waals surface area (Å²) >= 11 is 0. The highest BCUT2D eigenvalue weighted by atomic mass is 16.5. The van der Waals surface area contributed by atoms with Crippen LogP contribution < -0.4 is 24.9 Å². The van der Waals surface area contributed by atoms with E-state index in [2.05, 4.69) is 94.6 Å². The van der Waals surface area contributed by atoms with Crippen molar-refractivity contribution in [3.63, 3.8) is 0 Å². The van der Waals surface area contributed by atoms with Crippen molar-refractivity contribution in [1.82, 2.24) is 0 Å². The smallest absolute Gasteiger partial charge is 0.200 e. The van der Waals surface area contributed by atoms with Gasteiger partial charge in [-0.05, 0) is 103 Å². The lowest BCUT2D eigenvalue weighted by Crippen LogP contribution is -2.19. The van der Waals surface area contributed by atoms with Crippen molar-refractivity contribution in [1.29, 1.82) is 0 Å². The molecule has 2 heterocycles. The van der Waals surface area contributed by atoms with Crippen LogP contribution in [0.4, 0.5) is 45.5 Å². The Kier molecular flexibility index (Phi) is 8.53. The summed E-state index contributed by atoms with van der Waals surface area (Å²) in [6, 6.07) is 56.2. The van der Waals surface area contributed by atoms with Crippen LogP contribution in [0.3, 0.4) is 0 Å². The molecule has 1 aliphatic rings. The molecule has 1 aromatic heterocycles. The highest BCUT2D eigenvalue weighted by Gasteiger charge is 2.29. The molecule has 0 radical (unpaired) electrons. The maximum Gasteiger partial charge on any atom is 0.200 e. The van der Waals surface area contributed by atoms with Gasteiger partial charge in [0.15, 0.2) is 11.5 Å². The van der Waals surface area contributed by atoms with Gasteiger partial charge in [-0.1, -0.05) is 86.0 Å². The van der Waals surface area contributed by atoms with E-state index in [1.54, 1.807) is 12.1 Å². The number of nitrogens with zero attached hydrogens (tertiary/aromatic N) is 3. The third-order valence-corrected chi connectivity index (χ3v) is 9.72. The number of hydrogen-bond acceptors (Lipinski definition) is 6. The first kappa shape index (κ1) is 33.3. The van der Waals surface area contributed by atoms with Gasteiger partial charge < -0.3 is 23.9 Å². The molecular formula is C49H35N3O3. The fraction of sp³-hybridized carbons (Fsp3) is 0. The lowest BCUT2D eigenvalue weighted by Gasteiger charge is -2.35. The first-order chi connectivity index (χ1) is 27.1. The molecule has 1 aliphatic heterocycles. The molecule has 8 aromatic rings. The van der Waals surface area contributed by atoms with Crippen molar-refractivity contribution < 1.29 is 9.15 Å². The molecule has 0 bridgehead atoms. The lowest BCUT2D eigenvalue weighted by molar-refractivity contribution is 0.477. The Morgan fingerprint density at radius 2 is 1.11 bits per heavy atom. The average molecular weight is 714 g/mol. The highest BCUT2D eigenvalue weighted by Crippen LogP contribution is 2.53. The predicted molar refractivity (Wildman–Crippen MR) is 226 cm³/mol. The molecule has 0 spiro atoms. The Morgan fingerprint density at radius 1 is 0.545 bits per heavy atom. The Bertz CT molecular complexity index is 2770. The molecule has 0 atom stereocenters. The zero-order valence-electron chi connectivity index (χ0n) is 29.9. The maximum absolute atomic E-state index is 13.9. The lowest BCUT2D eigenvalue weighted by atomic mass is 10.1. The molecule has 0 fully saturated rings. The number of ether oxygens (including phenoxy) is 1. The molecule has 9 rings (SSSR count). The molecular weight excluding hydrogens is 679 g/mol. The molecule has 7 aromatic carbocycles. The number of hydrogen-bond donors (Lipinski definition) is 0. The average Bonchev–Trinajstić information content (AvgIpc) is 3.24. The molecule has 0 saturated carbocycles. The van der Waals surface area contributed by atoms with Crippen LogP contribution in [-0.2, 0) is 0 Å². The van der Waals surface area contributed by atoms with Crippen LogP contribution in [0.1, 0.15) is 0 Å². The number of para-hydroxylation sites is 4. The van der Waals surface area contributed by atoms with Crippen molar-refractivity contribution in [2.75, 3.05) is 14.7 Å². The van der Waals surface area contributed by atoms with Crippen LogP contribution in [-0.4, -0.2) is 0 Å². The molecule has 0 amide bonds. The molecule has 0 saturated heterocycles. The summed E-state index contributed by atoms with van der Waals surface area (Å²) < 4.78 is 13.1. The second-order valence-electron chi connectivity index (χ2n) is 13.1. The van der Waals surface area contributed by atoms with Crippen LogP contribution >= 0.6 is 0 Å². The van der Waals surface area contributed by atoms with E-state index in [-0.39, 0.29) is 5.43 Å². The molecule has 6 heteroatoms. The second-order valence-corrected chi connectivity index (χ2v) is 13.1. The summed E-state index contributed by atoms with van der Waals surface area (Å²) in [7, 11) is 0. The zero-order valence-corrected chi connectivity index (χ0v) is 29.9. The van der Waals surface area contributed by atoms with Gasteiger partial charge in [-0.15, -0.1) is 0 Å². The van der Waals surface area contributed by atoms with Crippen molar-refractivity contribution in [2.24, 2.45) is 0 Å². The fourth-order valence-electron chi connectivity index (χ4n) is 7.25. The Labute approximate surface area is 319 Å². The largest absolute Gasteiger partial charge is 0.456 e. The first-order valence-corrected chi connectivity index (χ1v) is 18.0. The molecule has 6 nitrogen and oxygen atoms in total. The van der Waals surface area contributed by atoms with E-state index >= 15 is 0 Å². The van der Waals surface area contributed by atoms with Gasteiger partial charge in [-0.25, -0.2) is 0 Å². The van der Waals surface area contributed by atoms with Gasteiger partial charge in [0.25, 0.3) is 0 Å². The van der Waals surface area contributed by atoms with E-state index in [9.17, 15) is 4.79 Å². The number of benzene rings is 7. The van der Waals surface area contributed by atoms with Gasteiger partial charge in [0.1, 0.15) is 11.2 Å². The van der Waals surface area contributed by atoms with E-state index < -0.39 is 0 Å². The van der Waals surface area contributed by atoms with E-state index in [0.29, 0.717) is 33.4 Å². The summed E-state index contributed by atoms with van der Waals surface area (Å²) in [5.74, 6) is 1.29. The standard InChI is InChI=1S/C49H35N3O3/c1-3-16-34(4-2)50(35-17-8-5-9-18-35)39-25-28-43-47(32-39)55-48-33-40(51(36-19-10-6-11-20-36)37-21-12-7-13-22-37)26-29-44(48)52(43)38-27-30-46-42(31-38)49(53)41-23-14-15-24-45(41)54-46/h3-33H,1-2H2/b34-16+. The molecule has 0 N–H and O–H groups in total. The van der Waals surface area contributed by atoms with Gasteiger partial charge in [0, 0.05) is 52.0 Å². The van der Waals surface area contributed by atoms with Gasteiger partial charge in [0.05, 0.1) is 22.1 Å². The highest BCUT2D eigenvalue weighted by molar-refractivity contribution is 5.96. The second kappa shape index (κ2) is 14.1. The number of allylic oxidation sites excluding steroid dienone is 3. The quantitative estimate of drug-likeness (QED) is 0.110. The minimum atomic E-state index is -0.0797.